The van der Waals surface area contributed by atoms with E-state index in [4.69, 9.17) is 4.42 Å². The second-order valence-corrected chi connectivity index (χ2v) is 8.91. The summed E-state index contributed by atoms with van der Waals surface area (Å²) in [5, 5.41) is 3.47. The van der Waals surface area contributed by atoms with Gasteiger partial charge in [0.2, 0.25) is 0 Å². The summed E-state index contributed by atoms with van der Waals surface area (Å²) in [6.07, 6.45) is 11.8. The van der Waals surface area contributed by atoms with Crippen LogP contribution in [0.5, 0.6) is 0 Å². The minimum Gasteiger partial charge on any atom is -0.441 e. The van der Waals surface area contributed by atoms with E-state index in [0.717, 1.165) is 72.0 Å². The fourth-order valence-corrected chi connectivity index (χ4v) is 4.65. The number of hydrogen-bond acceptors (Lipinski definition) is 5. The van der Waals surface area contributed by atoms with Gasteiger partial charge in [0, 0.05) is 50.1 Å². The van der Waals surface area contributed by atoms with Crippen molar-refractivity contribution in [3.8, 4) is 0 Å². The van der Waals surface area contributed by atoms with Crippen molar-refractivity contribution in [1.29, 1.82) is 0 Å². The second kappa shape index (κ2) is 8.43. The van der Waals surface area contributed by atoms with Gasteiger partial charge < -0.3 is 14.6 Å². The Labute approximate surface area is 189 Å². The quantitative estimate of drug-likeness (QED) is 0.790. The maximum Gasteiger partial charge on any atom is 0.255 e. The van der Waals surface area contributed by atoms with Crippen LogP contribution in [0.2, 0.25) is 0 Å². The lowest BCUT2D eigenvalue weighted by molar-refractivity contribution is -0.122. The normalized spacial score (nSPS) is 24.0. The van der Waals surface area contributed by atoms with Gasteiger partial charge in [-0.05, 0) is 54.7 Å². The molecule has 5 rings (SSSR count). The van der Waals surface area contributed by atoms with Crippen LogP contribution >= 0.6 is 0 Å². The number of aryl methyl sites for hydroxylation is 1. The molecule has 1 N–H and O–H groups in total. The molecule has 0 bridgehead atoms. The number of hydrogen-bond donors (Lipinski definition) is 1. The van der Waals surface area contributed by atoms with Crippen LogP contribution in [-0.4, -0.2) is 46.4 Å². The second-order valence-electron chi connectivity index (χ2n) is 8.91. The molecule has 0 saturated carbocycles. The molecule has 3 aliphatic rings. The van der Waals surface area contributed by atoms with Crippen LogP contribution in [0.25, 0.3) is 16.7 Å². The predicted molar refractivity (Wildman–Crippen MR) is 126 cm³/mol. The topological polar surface area (TPSA) is 61.6 Å². The van der Waals surface area contributed by atoms with Crippen molar-refractivity contribution < 1.29 is 9.21 Å². The largest absolute Gasteiger partial charge is 0.441 e. The van der Waals surface area contributed by atoms with E-state index in [1.165, 1.54) is 0 Å². The molecule has 1 saturated heterocycles. The summed E-state index contributed by atoms with van der Waals surface area (Å²) >= 11 is 0. The molecule has 0 radical (unpaired) electrons. The van der Waals surface area contributed by atoms with Crippen LogP contribution in [0.4, 0.5) is 0 Å². The first-order valence-corrected chi connectivity index (χ1v) is 11.5. The molecular formula is C26H30N4O2. The zero-order valence-electron chi connectivity index (χ0n) is 19.0. The molecule has 2 aromatic rings. The van der Waals surface area contributed by atoms with Gasteiger partial charge in [-0.2, -0.15) is 0 Å². The molecule has 6 heteroatoms. The molecule has 6 nitrogen and oxygen atoms in total. The Morgan fingerprint density at radius 3 is 2.88 bits per heavy atom. The number of carbonyl (C=O) groups is 1. The van der Waals surface area contributed by atoms with Gasteiger partial charge in [0.25, 0.3) is 5.91 Å². The fraction of sp³-hybridized carbons (Fsp3) is 0.385. The average Bonchev–Trinajstić information content (AvgIpc) is 3.22. The van der Waals surface area contributed by atoms with E-state index in [-0.39, 0.29) is 11.8 Å². The lowest BCUT2D eigenvalue weighted by Crippen LogP contribution is -2.48. The van der Waals surface area contributed by atoms with Gasteiger partial charge in [-0.3, -0.25) is 9.69 Å². The first kappa shape index (κ1) is 20.8. The van der Waals surface area contributed by atoms with Crippen molar-refractivity contribution in [3.63, 3.8) is 0 Å². The first-order valence-electron chi connectivity index (χ1n) is 11.5. The summed E-state index contributed by atoms with van der Waals surface area (Å²) in [5.41, 5.74) is 5.71. The van der Waals surface area contributed by atoms with Crippen molar-refractivity contribution in [1.82, 2.24) is 20.1 Å². The monoisotopic (exact) mass is 430 g/mol. The number of benzene rings is 1. The molecule has 2 unspecified atom stereocenters. The average molecular weight is 431 g/mol. The van der Waals surface area contributed by atoms with Gasteiger partial charge in [0.15, 0.2) is 11.5 Å². The third-order valence-electron chi connectivity index (χ3n) is 6.49. The Bertz CT molecular complexity index is 1170. The number of oxazole rings is 1. The molecule has 1 aromatic heterocycles. The molecule has 166 valence electrons. The SMILES string of the molecule is CCc1nc2ccc(C3=CC(=O)N4C=C(N5CCNC(C)C5)C=CC4=CCC3C)cc2o1. The molecule has 2 atom stereocenters. The number of aromatic nitrogens is 1. The molecule has 1 aromatic carbocycles. The molecule has 32 heavy (non-hydrogen) atoms. The van der Waals surface area contributed by atoms with Crippen LogP contribution in [0, 0.1) is 5.92 Å². The fourth-order valence-electron chi connectivity index (χ4n) is 4.65. The van der Waals surface area contributed by atoms with E-state index in [1.54, 1.807) is 11.0 Å². The van der Waals surface area contributed by atoms with Gasteiger partial charge >= 0.3 is 0 Å². The van der Waals surface area contributed by atoms with Crippen LogP contribution < -0.4 is 5.32 Å². The van der Waals surface area contributed by atoms with Gasteiger partial charge in [0.1, 0.15) is 5.52 Å². The van der Waals surface area contributed by atoms with Crippen molar-refractivity contribution in [3.05, 3.63) is 71.6 Å². The Morgan fingerprint density at radius 1 is 1.22 bits per heavy atom. The molecule has 0 spiro atoms. The number of carbonyl (C=O) groups excluding carboxylic acids is 1. The van der Waals surface area contributed by atoms with E-state index >= 15 is 0 Å². The summed E-state index contributed by atoms with van der Waals surface area (Å²) in [4.78, 5) is 22.0. The summed E-state index contributed by atoms with van der Waals surface area (Å²) in [5.74, 6) is 0.933. The minimum atomic E-state index is -0.0188. The number of allylic oxidation sites excluding steroid dienone is 4. The van der Waals surface area contributed by atoms with Gasteiger partial charge in [-0.1, -0.05) is 26.0 Å². The lowest BCUT2D eigenvalue weighted by atomic mass is 9.89. The highest BCUT2D eigenvalue weighted by Crippen LogP contribution is 2.33. The van der Waals surface area contributed by atoms with E-state index in [0.29, 0.717) is 6.04 Å². The van der Waals surface area contributed by atoms with Gasteiger partial charge in [-0.25, -0.2) is 4.98 Å². The van der Waals surface area contributed by atoms with E-state index < -0.39 is 0 Å². The van der Waals surface area contributed by atoms with Crippen molar-refractivity contribution in [2.75, 3.05) is 19.6 Å². The van der Waals surface area contributed by atoms with E-state index in [2.05, 4.69) is 47.3 Å². The number of nitrogens with one attached hydrogen (secondary N) is 1. The maximum atomic E-state index is 13.4. The molecule has 3 aliphatic heterocycles. The highest BCUT2D eigenvalue weighted by Gasteiger charge is 2.25. The Balaban J connectivity index is 1.47. The maximum absolute atomic E-state index is 13.4. The number of fused-ring (bicyclic) bond motifs is 2. The zero-order valence-corrected chi connectivity index (χ0v) is 19.0. The van der Waals surface area contributed by atoms with Crippen LogP contribution in [0.3, 0.4) is 0 Å². The minimum absolute atomic E-state index is 0.0188. The van der Waals surface area contributed by atoms with Gasteiger partial charge in [-0.15, -0.1) is 0 Å². The Morgan fingerprint density at radius 2 is 2.06 bits per heavy atom. The van der Waals surface area contributed by atoms with Crippen LogP contribution in [0.1, 0.15) is 38.6 Å². The number of piperazine rings is 1. The first-order chi connectivity index (χ1) is 15.5. The van der Waals surface area contributed by atoms with Gasteiger partial charge in [0.05, 0.1) is 5.70 Å². The van der Waals surface area contributed by atoms with E-state index in [1.807, 2.05) is 31.3 Å². The Hall–Kier alpha value is -3.12. The summed E-state index contributed by atoms with van der Waals surface area (Å²) in [6.45, 7) is 9.22. The Kier molecular flexibility index (Phi) is 5.47. The van der Waals surface area contributed by atoms with Crippen LogP contribution in [0.15, 0.2) is 64.5 Å². The standard InChI is InChI=1S/C26H30N4O2/c1-4-25-28-23-10-6-19(13-24(23)32-25)22-14-26(31)30-16-21(29-12-11-27-18(3)15-29)9-8-20(30)7-5-17(22)2/h6-10,13-14,16-18,27H,4-5,11-12,15H2,1-3H3. The number of rotatable bonds is 3. The number of nitrogens with zero attached hydrogens (tertiary/aromatic N) is 3. The van der Waals surface area contributed by atoms with Crippen LogP contribution in [-0.2, 0) is 11.2 Å². The zero-order chi connectivity index (χ0) is 22.2. The summed E-state index contributed by atoms with van der Waals surface area (Å²) < 4.78 is 5.87. The molecule has 0 aliphatic carbocycles. The third-order valence-corrected chi connectivity index (χ3v) is 6.49. The third kappa shape index (κ3) is 3.91. The van der Waals surface area contributed by atoms with Crippen molar-refractivity contribution in [2.24, 2.45) is 5.92 Å². The lowest BCUT2D eigenvalue weighted by Gasteiger charge is -2.36. The molecular weight excluding hydrogens is 400 g/mol. The van der Waals surface area contributed by atoms with E-state index in [9.17, 15) is 4.79 Å². The summed E-state index contributed by atoms with van der Waals surface area (Å²) in [6, 6.07) is 6.48. The smallest absolute Gasteiger partial charge is 0.255 e. The highest BCUT2D eigenvalue weighted by molar-refractivity contribution is 5.98. The molecule has 1 fully saturated rings. The number of amides is 1. The predicted octanol–water partition coefficient (Wildman–Crippen LogP) is 4.23. The van der Waals surface area contributed by atoms with Crippen molar-refractivity contribution >= 4 is 22.6 Å². The summed E-state index contributed by atoms with van der Waals surface area (Å²) in [7, 11) is 0. The highest BCUT2D eigenvalue weighted by atomic mass is 16.3. The van der Waals surface area contributed by atoms with Crippen molar-refractivity contribution in [2.45, 2.75) is 39.7 Å². The molecule has 1 amide bonds. The molecule has 4 heterocycles.